The Balaban J connectivity index is 2.70. The minimum atomic E-state index is 0.232. The Hall–Kier alpha value is -0.0400. The van der Waals surface area contributed by atoms with Crippen molar-refractivity contribution in [3.63, 3.8) is 0 Å². The summed E-state index contributed by atoms with van der Waals surface area (Å²) in [5, 5.41) is 3.87. The van der Waals surface area contributed by atoms with E-state index in [1.165, 1.54) is 32.1 Å². The van der Waals surface area contributed by atoms with Gasteiger partial charge in [-0.3, -0.25) is 0 Å². The number of rotatable bonds is 2. The number of hydrogen-bond acceptors (Lipinski definition) is 1. The van der Waals surface area contributed by atoms with Crippen molar-refractivity contribution < 1.29 is 0 Å². The first-order valence-electron chi connectivity index (χ1n) is 6.98. The molecule has 0 saturated heterocycles. The van der Waals surface area contributed by atoms with Gasteiger partial charge in [0.25, 0.3) is 0 Å². The Labute approximate surface area is 102 Å². The fraction of sp³-hybridized carbons (Fsp3) is 1.00. The average molecular weight is 225 g/mol. The van der Waals surface area contributed by atoms with Gasteiger partial charge in [0.15, 0.2) is 0 Å². The molecule has 0 bridgehead atoms. The monoisotopic (exact) mass is 225 g/mol. The van der Waals surface area contributed by atoms with Crippen LogP contribution in [-0.4, -0.2) is 11.6 Å². The molecule has 0 heterocycles. The van der Waals surface area contributed by atoms with E-state index in [0.717, 1.165) is 5.92 Å². The SMILES string of the molecule is CC(C)(C)NC(C1CCCCC1)C(C)(C)C. The molecule has 1 nitrogen and oxygen atoms in total. The largest absolute Gasteiger partial charge is 0.309 e. The van der Waals surface area contributed by atoms with Crippen LogP contribution in [-0.2, 0) is 0 Å². The van der Waals surface area contributed by atoms with Crippen molar-refractivity contribution in [3.05, 3.63) is 0 Å². The molecule has 1 heteroatoms. The normalized spacial score (nSPS) is 22.1. The molecule has 1 fully saturated rings. The number of hydrogen-bond donors (Lipinski definition) is 1. The van der Waals surface area contributed by atoms with Gasteiger partial charge < -0.3 is 5.32 Å². The zero-order chi connectivity index (χ0) is 12.4. The van der Waals surface area contributed by atoms with Crippen LogP contribution in [0.4, 0.5) is 0 Å². The van der Waals surface area contributed by atoms with E-state index in [2.05, 4.69) is 46.9 Å². The van der Waals surface area contributed by atoms with E-state index >= 15 is 0 Å². The first-order chi connectivity index (χ1) is 7.20. The van der Waals surface area contributed by atoms with Gasteiger partial charge in [0.05, 0.1) is 0 Å². The smallest absolute Gasteiger partial charge is 0.0149 e. The molecule has 0 aliphatic heterocycles. The van der Waals surface area contributed by atoms with Gasteiger partial charge in [-0.25, -0.2) is 0 Å². The van der Waals surface area contributed by atoms with Gasteiger partial charge >= 0.3 is 0 Å². The van der Waals surface area contributed by atoms with Crippen molar-refractivity contribution in [3.8, 4) is 0 Å². The quantitative estimate of drug-likeness (QED) is 0.736. The molecule has 1 saturated carbocycles. The molecule has 1 unspecified atom stereocenters. The van der Waals surface area contributed by atoms with Crippen molar-refractivity contribution in [1.82, 2.24) is 5.32 Å². The van der Waals surface area contributed by atoms with Gasteiger partial charge in [-0.05, 0) is 44.9 Å². The first kappa shape index (κ1) is 14.0. The van der Waals surface area contributed by atoms with E-state index in [9.17, 15) is 0 Å². The van der Waals surface area contributed by atoms with Crippen LogP contribution in [0.1, 0.15) is 73.6 Å². The highest BCUT2D eigenvalue weighted by Gasteiger charge is 2.34. The van der Waals surface area contributed by atoms with E-state index in [4.69, 9.17) is 0 Å². The maximum absolute atomic E-state index is 3.87. The molecule has 0 spiro atoms. The number of nitrogens with one attached hydrogen (secondary N) is 1. The summed E-state index contributed by atoms with van der Waals surface area (Å²) in [6, 6.07) is 0.660. The predicted octanol–water partition coefficient (Wildman–Crippen LogP) is 4.37. The van der Waals surface area contributed by atoms with E-state index in [1.807, 2.05) is 0 Å². The van der Waals surface area contributed by atoms with Crippen LogP contribution >= 0.6 is 0 Å². The van der Waals surface area contributed by atoms with Gasteiger partial charge in [0.1, 0.15) is 0 Å². The topological polar surface area (TPSA) is 12.0 Å². The van der Waals surface area contributed by atoms with Crippen LogP contribution in [0, 0.1) is 11.3 Å². The summed E-state index contributed by atoms with van der Waals surface area (Å²) >= 11 is 0. The first-order valence-corrected chi connectivity index (χ1v) is 6.98. The van der Waals surface area contributed by atoms with Crippen molar-refractivity contribution in [2.24, 2.45) is 11.3 Å². The Morgan fingerprint density at radius 2 is 1.38 bits per heavy atom. The van der Waals surface area contributed by atoms with Crippen LogP contribution in [0.15, 0.2) is 0 Å². The summed E-state index contributed by atoms with van der Waals surface area (Å²) in [5.41, 5.74) is 0.602. The van der Waals surface area contributed by atoms with Crippen LogP contribution in [0.2, 0.25) is 0 Å². The van der Waals surface area contributed by atoms with Gasteiger partial charge in [-0.15, -0.1) is 0 Å². The second-order valence-corrected chi connectivity index (χ2v) is 7.64. The molecule has 1 aliphatic carbocycles. The average Bonchev–Trinajstić information content (AvgIpc) is 2.13. The third-order valence-corrected chi connectivity index (χ3v) is 3.64. The lowest BCUT2D eigenvalue weighted by molar-refractivity contribution is 0.129. The highest BCUT2D eigenvalue weighted by atomic mass is 15.0. The minimum Gasteiger partial charge on any atom is -0.309 e. The minimum absolute atomic E-state index is 0.232. The van der Waals surface area contributed by atoms with Crippen molar-refractivity contribution in [2.45, 2.75) is 85.2 Å². The Bertz CT molecular complexity index is 200. The molecule has 1 N–H and O–H groups in total. The fourth-order valence-corrected chi connectivity index (χ4v) is 2.98. The van der Waals surface area contributed by atoms with Gasteiger partial charge in [-0.1, -0.05) is 40.0 Å². The van der Waals surface area contributed by atoms with E-state index in [1.54, 1.807) is 0 Å². The molecule has 1 atom stereocenters. The molecule has 96 valence electrons. The molecule has 0 aromatic rings. The van der Waals surface area contributed by atoms with Crippen LogP contribution in [0.5, 0.6) is 0 Å². The van der Waals surface area contributed by atoms with Gasteiger partial charge in [0, 0.05) is 11.6 Å². The highest BCUT2D eigenvalue weighted by molar-refractivity contribution is 4.91. The summed E-state index contributed by atoms with van der Waals surface area (Å²) in [4.78, 5) is 0. The third-order valence-electron chi connectivity index (χ3n) is 3.64. The van der Waals surface area contributed by atoms with Crippen LogP contribution < -0.4 is 5.32 Å². The molecular weight excluding hydrogens is 194 g/mol. The van der Waals surface area contributed by atoms with Crippen molar-refractivity contribution in [1.29, 1.82) is 0 Å². The molecule has 0 amide bonds. The molecule has 1 rings (SSSR count). The van der Waals surface area contributed by atoms with E-state index in [-0.39, 0.29) is 5.54 Å². The Kier molecular flexibility index (Phi) is 4.45. The molecule has 16 heavy (non-hydrogen) atoms. The van der Waals surface area contributed by atoms with Gasteiger partial charge in [0.2, 0.25) is 0 Å². The van der Waals surface area contributed by atoms with E-state index in [0.29, 0.717) is 11.5 Å². The summed E-state index contributed by atoms with van der Waals surface area (Å²) in [6.07, 6.45) is 7.16. The van der Waals surface area contributed by atoms with Crippen molar-refractivity contribution in [2.75, 3.05) is 0 Å². The predicted molar refractivity (Wildman–Crippen MR) is 72.7 cm³/mol. The summed E-state index contributed by atoms with van der Waals surface area (Å²) < 4.78 is 0. The molecule has 0 aromatic carbocycles. The Morgan fingerprint density at radius 1 is 0.875 bits per heavy atom. The molecule has 0 aromatic heterocycles. The van der Waals surface area contributed by atoms with Crippen LogP contribution in [0.25, 0.3) is 0 Å². The fourth-order valence-electron chi connectivity index (χ4n) is 2.98. The molecule has 1 aliphatic rings. The summed E-state index contributed by atoms with van der Waals surface area (Å²) in [6.45, 7) is 14.0. The summed E-state index contributed by atoms with van der Waals surface area (Å²) in [5.74, 6) is 0.882. The zero-order valence-electron chi connectivity index (χ0n) is 12.2. The Morgan fingerprint density at radius 3 is 1.75 bits per heavy atom. The highest BCUT2D eigenvalue weighted by Crippen LogP contribution is 2.35. The molecular formula is C15H31N. The van der Waals surface area contributed by atoms with Crippen molar-refractivity contribution >= 4 is 0 Å². The third kappa shape index (κ3) is 4.45. The van der Waals surface area contributed by atoms with Gasteiger partial charge in [-0.2, -0.15) is 0 Å². The molecule has 0 radical (unpaired) electrons. The lowest BCUT2D eigenvalue weighted by atomic mass is 9.72. The maximum atomic E-state index is 3.87. The zero-order valence-corrected chi connectivity index (χ0v) is 12.2. The van der Waals surface area contributed by atoms with E-state index < -0.39 is 0 Å². The lowest BCUT2D eigenvalue weighted by Crippen LogP contribution is -2.53. The second kappa shape index (κ2) is 5.08. The summed E-state index contributed by atoms with van der Waals surface area (Å²) in [7, 11) is 0. The lowest BCUT2D eigenvalue weighted by Gasteiger charge is -2.43. The maximum Gasteiger partial charge on any atom is 0.0149 e. The standard InChI is InChI=1S/C15H31N/c1-14(2,3)13(16-15(4,5)6)12-10-8-7-9-11-12/h12-13,16H,7-11H2,1-6H3. The van der Waals surface area contributed by atoms with Crippen LogP contribution in [0.3, 0.4) is 0 Å². The second-order valence-electron chi connectivity index (χ2n) is 7.64.